The molecule has 2 aromatic rings. The van der Waals surface area contributed by atoms with E-state index < -0.39 is 12.7 Å². The number of hydrogen-bond donors (Lipinski definition) is 2. The second-order valence-corrected chi connectivity index (χ2v) is 6.71. The van der Waals surface area contributed by atoms with E-state index in [4.69, 9.17) is 34.8 Å². The average molecular weight is 386 g/mol. The van der Waals surface area contributed by atoms with Crippen molar-refractivity contribution in [3.8, 4) is 0 Å². The van der Waals surface area contributed by atoms with Crippen molar-refractivity contribution in [3.05, 3.63) is 56.8 Å². The van der Waals surface area contributed by atoms with E-state index in [1.807, 2.05) is 24.0 Å². The highest BCUT2D eigenvalue weighted by Crippen LogP contribution is 2.46. The summed E-state index contributed by atoms with van der Waals surface area (Å²) in [7, 11) is 0. The molecule has 24 heavy (non-hydrogen) atoms. The van der Waals surface area contributed by atoms with E-state index in [9.17, 15) is 10.2 Å². The number of aliphatic hydroxyl groups excluding tert-OH is 2. The van der Waals surface area contributed by atoms with Crippen molar-refractivity contribution in [2.24, 2.45) is 0 Å². The number of anilines is 2. The van der Waals surface area contributed by atoms with Crippen molar-refractivity contribution in [1.82, 2.24) is 4.98 Å². The van der Waals surface area contributed by atoms with Gasteiger partial charge in [0.1, 0.15) is 6.10 Å². The first-order chi connectivity index (χ1) is 11.5. The zero-order valence-corrected chi connectivity index (χ0v) is 15.0. The van der Waals surface area contributed by atoms with Gasteiger partial charge in [-0.1, -0.05) is 53.0 Å². The van der Waals surface area contributed by atoms with E-state index in [2.05, 4.69) is 4.98 Å². The Bertz CT molecular complexity index is 790. The number of hydrogen-bond acceptors (Lipinski definition) is 4. The fourth-order valence-electron chi connectivity index (χ4n) is 2.83. The van der Waals surface area contributed by atoms with Crippen LogP contribution >= 0.6 is 34.8 Å². The Morgan fingerprint density at radius 2 is 1.83 bits per heavy atom. The summed E-state index contributed by atoms with van der Waals surface area (Å²) in [6.45, 7) is 1.55. The van der Waals surface area contributed by atoms with Crippen LogP contribution in [0.25, 0.3) is 6.08 Å². The third-order valence-electron chi connectivity index (χ3n) is 3.93. The van der Waals surface area contributed by atoms with Gasteiger partial charge in [-0.05, 0) is 19.1 Å². The van der Waals surface area contributed by atoms with Crippen LogP contribution in [-0.4, -0.2) is 27.8 Å². The summed E-state index contributed by atoms with van der Waals surface area (Å²) in [5.41, 5.74) is 2.28. The quantitative estimate of drug-likeness (QED) is 0.809. The van der Waals surface area contributed by atoms with Gasteiger partial charge in [0.05, 0.1) is 38.7 Å². The first-order valence-corrected chi connectivity index (χ1v) is 8.47. The highest BCUT2D eigenvalue weighted by molar-refractivity contribution is 6.40. The molecule has 0 aliphatic carbocycles. The number of aliphatic hydroxyl groups is 2. The molecule has 1 aromatic heterocycles. The van der Waals surface area contributed by atoms with E-state index in [1.54, 1.807) is 18.2 Å². The summed E-state index contributed by atoms with van der Waals surface area (Å²) >= 11 is 19.2. The lowest BCUT2D eigenvalue weighted by Crippen LogP contribution is -2.31. The van der Waals surface area contributed by atoms with Gasteiger partial charge in [0.15, 0.2) is 0 Å². The predicted molar refractivity (Wildman–Crippen MR) is 98.4 cm³/mol. The van der Waals surface area contributed by atoms with Crippen LogP contribution in [0, 0.1) is 0 Å². The molecule has 2 heterocycles. The maximum atomic E-state index is 10.0. The number of para-hydroxylation sites is 1. The van der Waals surface area contributed by atoms with Gasteiger partial charge in [0.2, 0.25) is 0 Å². The minimum atomic E-state index is -1.10. The normalized spacial score (nSPS) is 17.8. The molecule has 3 rings (SSSR count). The first-order valence-electron chi connectivity index (χ1n) is 7.34. The van der Waals surface area contributed by atoms with Crippen molar-refractivity contribution in [2.75, 3.05) is 11.5 Å². The summed E-state index contributed by atoms with van der Waals surface area (Å²) in [4.78, 5) is 6.09. The molecule has 1 aromatic carbocycles. The van der Waals surface area contributed by atoms with Crippen LogP contribution in [0.2, 0.25) is 15.1 Å². The van der Waals surface area contributed by atoms with Gasteiger partial charge in [-0.3, -0.25) is 4.98 Å². The summed E-state index contributed by atoms with van der Waals surface area (Å²) in [5.74, 6) is 0. The average Bonchev–Trinajstić information content (AvgIpc) is 2.56. The van der Waals surface area contributed by atoms with Crippen LogP contribution in [0.3, 0.4) is 0 Å². The van der Waals surface area contributed by atoms with E-state index >= 15 is 0 Å². The third-order valence-corrected chi connectivity index (χ3v) is 4.82. The molecule has 0 saturated heterocycles. The lowest BCUT2D eigenvalue weighted by atomic mass is 9.99. The standard InChI is InChI=1S/C17H15Cl3N2O2/c1-9-5-6-10-15(14(24)8-23)21-7-13(20)16(10)22(9)17-11(18)3-2-4-12(17)19/h2-7,9,14,23-24H,8H2,1H3. The minimum absolute atomic E-state index is 0.0612. The van der Waals surface area contributed by atoms with Crippen LogP contribution in [-0.2, 0) is 0 Å². The van der Waals surface area contributed by atoms with Gasteiger partial charge in [-0.2, -0.15) is 0 Å². The van der Waals surface area contributed by atoms with Gasteiger partial charge < -0.3 is 15.1 Å². The lowest BCUT2D eigenvalue weighted by molar-refractivity contribution is 0.0921. The maximum absolute atomic E-state index is 10.0. The molecule has 0 saturated carbocycles. The fourth-order valence-corrected chi connectivity index (χ4v) is 3.65. The monoisotopic (exact) mass is 384 g/mol. The van der Waals surface area contributed by atoms with Gasteiger partial charge in [0.25, 0.3) is 0 Å². The van der Waals surface area contributed by atoms with Crippen molar-refractivity contribution in [2.45, 2.75) is 19.1 Å². The molecule has 126 valence electrons. The highest BCUT2D eigenvalue weighted by Gasteiger charge is 2.30. The number of aromatic nitrogens is 1. The van der Waals surface area contributed by atoms with Gasteiger partial charge >= 0.3 is 0 Å². The van der Waals surface area contributed by atoms with Crippen molar-refractivity contribution in [3.63, 3.8) is 0 Å². The molecular weight excluding hydrogens is 371 g/mol. The second-order valence-electron chi connectivity index (χ2n) is 5.49. The number of rotatable bonds is 3. The summed E-state index contributed by atoms with van der Waals surface area (Å²) in [5, 5.41) is 20.7. The van der Waals surface area contributed by atoms with Crippen molar-refractivity contribution < 1.29 is 10.2 Å². The molecule has 0 spiro atoms. The van der Waals surface area contributed by atoms with Gasteiger partial charge in [0, 0.05) is 17.8 Å². The molecule has 0 bridgehead atoms. The molecule has 4 nitrogen and oxygen atoms in total. The molecular formula is C17H15Cl3N2O2. The molecule has 1 aliphatic heterocycles. The van der Waals surface area contributed by atoms with E-state index in [1.165, 1.54) is 6.20 Å². The van der Waals surface area contributed by atoms with Crippen LogP contribution in [0.15, 0.2) is 30.5 Å². The van der Waals surface area contributed by atoms with Crippen LogP contribution in [0.1, 0.15) is 24.3 Å². The van der Waals surface area contributed by atoms with Crippen molar-refractivity contribution in [1.29, 1.82) is 0 Å². The smallest absolute Gasteiger partial charge is 0.120 e. The third kappa shape index (κ3) is 2.89. The number of pyridine rings is 1. The maximum Gasteiger partial charge on any atom is 0.120 e. The Morgan fingerprint density at radius 3 is 2.46 bits per heavy atom. The fraction of sp³-hybridized carbons (Fsp3) is 0.235. The number of halogens is 3. The Labute approximate surface area is 154 Å². The number of benzene rings is 1. The molecule has 0 amide bonds. The number of nitrogens with zero attached hydrogens (tertiary/aromatic N) is 2. The van der Waals surface area contributed by atoms with Crippen molar-refractivity contribution >= 4 is 52.3 Å². The summed E-state index contributed by atoms with van der Waals surface area (Å²) in [6.07, 6.45) is 4.14. The Hall–Kier alpha value is -1.30. The van der Waals surface area contributed by atoms with Crippen LogP contribution in [0.5, 0.6) is 0 Å². The second kappa shape index (κ2) is 6.90. The molecule has 2 N–H and O–H groups in total. The Morgan fingerprint density at radius 1 is 1.17 bits per heavy atom. The first kappa shape index (κ1) is 17.5. The van der Waals surface area contributed by atoms with E-state index in [-0.39, 0.29) is 6.04 Å². The summed E-state index contributed by atoms with van der Waals surface area (Å²) < 4.78 is 0. The van der Waals surface area contributed by atoms with Crippen LogP contribution < -0.4 is 4.90 Å². The largest absolute Gasteiger partial charge is 0.393 e. The van der Waals surface area contributed by atoms with Crippen LogP contribution in [0.4, 0.5) is 11.4 Å². The Balaban J connectivity index is 2.28. The molecule has 0 radical (unpaired) electrons. The topological polar surface area (TPSA) is 56.6 Å². The van der Waals surface area contributed by atoms with Gasteiger partial charge in [-0.15, -0.1) is 0 Å². The van der Waals surface area contributed by atoms with E-state index in [0.717, 1.165) is 0 Å². The molecule has 0 fully saturated rings. The molecule has 7 heteroatoms. The minimum Gasteiger partial charge on any atom is -0.393 e. The van der Waals surface area contributed by atoms with E-state index in [0.29, 0.717) is 37.7 Å². The zero-order valence-electron chi connectivity index (χ0n) is 12.7. The number of fused-ring (bicyclic) bond motifs is 1. The summed E-state index contributed by atoms with van der Waals surface area (Å²) in [6, 6.07) is 5.22. The Kier molecular flexibility index (Phi) is 5.04. The molecule has 1 aliphatic rings. The SMILES string of the molecule is CC1C=Cc2c(C(O)CO)ncc(Cl)c2N1c1c(Cl)cccc1Cl. The molecule has 2 unspecified atom stereocenters. The molecule has 2 atom stereocenters. The predicted octanol–water partition coefficient (Wildman–Crippen LogP) is 4.62. The zero-order chi connectivity index (χ0) is 17.4. The van der Waals surface area contributed by atoms with Gasteiger partial charge in [-0.25, -0.2) is 0 Å². The highest BCUT2D eigenvalue weighted by atomic mass is 35.5. The lowest BCUT2D eigenvalue weighted by Gasteiger charge is -2.36.